The molecule has 2 unspecified atom stereocenters. The highest BCUT2D eigenvalue weighted by Gasteiger charge is 2.48. The van der Waals surface area contributed by atoms with Crippen molar-refractivity contribution in [3.8, 4) is 34.5 Å². The van der Waals surface area contributed by atoms with Gasteiger partial charge in [-0.2, -0.15) is 0 Å². The second-order valence-electron chi connectivity index (χ2n) is 13.3. The maximum atomic E-state index is 14.7. The number of nitrogens with zero attached hydrogens (tertiary/aromatic N) is 1. The molecule has 1 aliphatic heterocycles. The van der Waals surface area contributed by atoms with Crippen LogP contribution in [0.1, 0.15) is 56.0 Å². The lowest BCUT2D eigenvalue weighted by atomic mass is 9.88. The molecule has 1 aliphatic rings. The van der Waals surface area contributed by atoms with Crippen LogP contribution in [-0.4, -0.2) is 67.9 Å². The van der Waals surface area contributed by atoms with E-state index >= 15 is 0 Å². The summed E-state index contributed by atoms with van der Waals surface area (Å²) >= 11 is 0. The summed E-state index contributed by atoms with van der Waals surface area (Å²) in [5.74, 6) is -2.29. The van der Waals surface area contributed by atoms with Gasteiger partial charge in [-0.05, 0) is 89.7 Å². The zero-order chi connectivity index (χ0) is 41.9. The first-order chi connectivity index (χ1) is 27.8. The molecule has 0 saturated carbocycles. The molecule has 14 nitrogen and oxygen atoms in total. The molecule has 4 aromatic carbocycles. The minimum Gasteiger partial charge on any atom is -0.493 e. The van der Waals surface area contributed by atoms with Crippen LogP contribution >= 0.6 is 0 Å². The van der Waals surface area contributed by atoms with Crippen LogP contribution in [0.3, 0.4) is 0 Å². The number of likely N-dealkylation sites (tertiary alicyclic amines) is 1. The monoisotopic (exact) mass is 792 g/mol. The summed E-state index contributed by atoms with van der Waals surface area (Å²) < 4.78 is 32.0. The Labute approximate surface area is 335 Å². The van der Waals surface area contributed by atoms with Gasteiger partial charge in [-0.3, -0.25) is 28.8 Å². The van der Waals surface area contributed by atoms with Crippen LogP contribution in [0.25, 0.3) is 6.08 Å². The Hall–Kier alpha value is -6.96. The minimum absolute atomic E-state index is 0.166. The number of benzene rings is 4. The minimum atomic E-state index is -1.06. The molecule has 0 aromatic heterocycles. The van der Waals surface area contributed by atoms with E-state index in [-0.39, 0.29) is 41.7 Å². The summed E-state index contributed by atoms with van der Waals surface area (Å²) in [6.45, 7) is 5.55. The summed E-state index contributed by atoms with van der Waals surface area (Å²) in [6.07, 6.45) is 2.43. The molecule has 1 saturated heterocycles. The second kappa shape index (κ2) is 19.3. The quantitative estimate of drug-likeness (QED) is 0.0900. The summed E-state index contributed by atoms with van der Waals surface area (Å²) in [7, 11) is 2.84. The van der Waals surface area contributed by atoms with Crippen LogP contribution in [0.5, 0.6) is 34.5 Å². The van der Waals surface area contributed by atoms with Gasteiger partial charge in [0.15, 0.2) is 23.0 Å². The Bertz CT molecular complexity index is 2210. The predicted molar refractivity (Wildman–Crippen MR) is 210 cm³/mol. The van der Waals surface area contributed by atoms with Crippen LogP contribution in [-0.2, 0) is 41.6 Å². The van der Waals surface area contributed by atoms with E-state index in [9.17, 15) is 28.8 Å². The Morgan fingerprint density at radius 2 is 1.12 bits per heavy atom. The fraction of sp³-hybridized carbons (Fsp3) is 0.273. The van der Waals surface area contributed by atoms with E-state index < -0.39 is 47.7 Å². The van der Waals surface area contributed by atoms with Gasteiger partial charge in [0.25, 0.3) is 5.91 Å². The molecular formula is C44H44N2O12. The molecule has 5 rings (SSSR count). The molecular weight excluding hydrogens is 748 g/mol. The number of rotatable bonds is 15. The molecule has 1 N–H and O–H groups in total. The van der Waals surface area contributed by atoms with Gasteiger partial charge in [0, 0.05) is 46.4 Å². The van der Waals surface area contributed by atoms with Crippen LogP contribution < -0.4 is 33.7 Å². The van der Waals surface area contributed by atoms with E-state index in [1.165, 1.54) is 41.9 Å². The topological polar surface area (TPSA) is 173 Å². The van der Waals surface area contributed by atoms with Crippen molar-refractivity contribution in [2.24, 2.45) is 5.92 Å². The lowest BCUT2D eigenvalue weighted by Gasteiger charge is -2.28. The van der Waals surface area contributed by atoms with Gasteiger partial charge in [-0.25, -0.2) is 0 Å². The highest BCUT2D eigenvalue weighted by atomic mass is 16.6. The number of esters is 4. The Balaban J connectivity index is 1.56. The fourth-order valence-electron chi connectivity index (χ4n) is 6.59. The fourth-order valence-corrected chi connectivity index (χ4v) is 6.59. The summed E-state index contributed by atoms with van der Waals surface area (Å²) in [5.41, 5.74) is 2.95. The van der Waals surface area contributed by atoms with Crippen molar-refractivity contribution < 1.29 is 57.2 Å². The van der Waals surface area contributed by atoms with E-state index in [1.54, 1.807) is 95.9 Å². The zero-order valence-electron chi connectivity index (χ0n) is 33.0. The number of methoxy groups -OCH3 is 2. The van der Waals surface area contributed by atoms with Crippen LogP contribution in [0.2, 0.25) is 0 Å². The Morgan fingerprint density at radius 1 is 0.621 bits per heavy atom. The van der Waals surface area contributed by atoms with Crippen molar-refractivity contribution in [1.29, 1.82) is 0 Å². The zero-order valence-corrected chi connectivity index (χ0v) is 33.0. The number of carbonyl (C=O) groups is 6. The van der Waals surface area contributed by atoms with Crippen molar-refractivity contribution in [2.45, 2.75) is 46.6 Å². The van der Waals surface area contributed by atoms with Crippen molar-refractivity contribution in [3.05, 3.63) is 113 Å². The summed E-state index contributed by atoms with van der Waals surface area (Å²) in [6, 6.07) is 22.7. The average molecular weight is 793 g/mol. The van der Waals surface area contributed by atoms with E-state index in [0.29, 0.717) is 35.5 Å². The number of hydrogen-bond donors (Lipinski definition) is 1. The van der Waals surface area contributed by atoms with Crippen LogP contribution in [0.15, 0.2) is 90.5 Å². The molecule has 0 spiro atoms. The third-order valence-corrected chi connectivity index (χ3v) is 9.05. The highest BCUT2D eigenvalue weighted by Crippen LogP contribution is 2.45. The number of hydrogen-bond acceptors (Lipinski definition) is 12. The van der Waals surface area contributed by atoms with Crippen LogP contribution in [0, 0.1) is 5.92 Å². The Morgan fingerprint density at radius 3 is 1.64 bits per heavy atom. The molecule has 1 heterocycles. The van der Waals surface area contributed by atoms with Crippen LogP contribution in [0.4, 0.5) is 0 Å². The first-order valence-corrected chi connectivity index (χ1v) is 18.3. The van der Waals surface area contributed by atoms with E-state index in [2.05, 4.69) is 5.32 Å². The normalized spacial score (nSPS) is 15.4. The van der Waals surface area contributed by atoms with Gasteiger partial charge in [0.05, 0.1) is 26.2 Å². The van der Waals surface area contributed by atoms with Gasteiger partial charge >= 0.3 is 23.9 Å². The molecule has 14 heteroatoms. The summed E-state index contributed by atoms with van der Waals surface area (Å²) in [4.78, 5) is 77.3. The van der Waals surface area contributed by atoms with Crippen molar-refractivity contribution >= 4 is 41.8 Å². The molecule has 58 heavy (non-hydrogen) atoms. The predicted octanol–water partition coefficient (Wildman–Crippen LogP) is 5.59. The van der Waals surface area contributed by atoms with Crippen molar-refractivity contribution in [3.63, 3.8) is 0 Å². The lowest BCUT2D eigenvalue weighted by molar-refractivity contribution is -0.132. The largest absolute Gasteiger partial charge is 0.493 e. The summed E-state index contributed by atoms with van der Waals surface area (Å²) in [5, 5.41) is 3.02. The van der Waals surface area contributed by atoms with E-state index in [4.69, 9.17) is 28.4 Å². The molecule has 302 valence electrons. The molecule has 0 bridgehead atoms. The van der Waals surface area contributed by atoms with Crippen molar-refractivity contribution in [2.75, 3.05) is 27.3 Å². The lowest BCUT2D eigenvalue weighted by Crippen LogP contribution is -2.37. The van der Waals surface area contributed by atoms with Gasteiger partial charge in [0.1, 0.15) is 11.5 Å². The van der Waals surface area contributed by atoms with E-state index in [1.807, 2.05) is 0 Å². The third-order valence-electron chi connectivity index (χ3n) is 9.05. The first kappa shape index (κ1) is 42.2. The number of nitrogens with one attached hydrogen (secondary N) is 1. The Kier molecular flexibility index (Phi) is 14.0. The average Bonchev–Trinajstić information content (AvgIpc) is 3.45. The smallest absolute Gasteiger partial charge is 0.308 e. The maximum Gasteiger partial charge on any atom is 0.308 e. The van der Waals surface area contributed by atoms with E-state index in [0.717, 1.165) is 11.1 Å². The molecule has 0 aliphatic carbocycles. The van der Waals surface area contributed by atoms with Gasteiger partial charge in [-0.1, -0.05) is 36.4 Å². The van der Waals surface area contributed by atoms with Gasteiger partial charge in [-0.15, -0.1) is 0 Å². The number of ether oxygens (including phenoxy) is 6. The van der Waals surface area contributed by atoms with Gasteiger partial charge in [0.2, 0.25) is 5.91 Å². The molecule has 4 aromatic rings. The standard InChI is InChI=1S/C44H44N2O12/c1-26(47)55-34-13-7-30(8-14-34)19-21-45-43(51)41-36(23-32-11-17-37(57-28(3)49)39(24-32)53-5)44(52)46(22-20-31-9-15-35(16-10-31)56-27(2)48)42(41)33-12-18-38(58-29(4)50)40(25-33)54-6/h7-18,23-25,41-42H,19-22H2,1-6H3,(H,45,51). The number of carbonyl (C=O) groups excluding carboxylic acids is 6. The first-order valence-electron chi connectivity index (χ1n) is 18.3. The number of amides is 2. The highest BCUT2D eigenvalue weighted by molar-refractivity contribution is 6.07. The van der Waals surface area contributed by atoms with Gasteiger partial charge < -0.3 is 38.6 Å². The third kappa shape index (κ3) is 10.9. The molecule has 0 radical (unpaired) electrons. The SMILES string of the molecule is COc1cc(C=C2C(=O)N(CCc3ccc(OC(C)=O)cc3)C(c3ccc(OC(C)=O)c(OC)c3)C2C(=O)NCCc2ccc(OC(C)=O)cc2)ccc1OC(C)=O. The molecule has 1 fully saturated rings. The molecule has 2 amide bonds. The maximum absolute atomic E-state index is 14.7. The molecule has 2 atom stereocenters. The van der Waals surface area contributed by atoms with Crippen molar-refractivity contribution in [1.82, 2.24) is 10.2 Å². The second-order valence-corrected chi connectivity index (χ2v) is 13.3.